The lowest BCUT2D eigenvalue weighted by Crippen LogP contribution is -2.35. The van der Waals surface area contributed by atoms with E-state index in [1.165, 1.54) is 0 Å². The van der Waals surface area contributed by atoms with Gasteiger partial charge in [-0.05, 0) is 26.7 Å². The highest BCUT2D eigenvalue weighted by Crippen LogP contribution is 2.27. The Balaban J connectivity index is 3.03. The zero-order chi connectivity index (χ0) is 12.4. The standard InChI is InChI=1S/C11H21N3O2/c1-6-11(12,7-2)9-13-8(14-16-9)10(3,4)15-5/h6-7,12H2,1-5H3. The number of rotatable bonds is 5. The average Bonchev–Trinajstić information content (AvgIpc) is 2.78. The molecule has 0 spiro atoms. The van der Waals surface area contributed by atoms with E-state index in [1.807, 2.05) is 27.7 Å². The summed E-state index contributed by atoms with van der Waals surface area (Å²) in [4.78, 5) is 4.34. The summed E-state index contributed by atoms with van der Waals surface area (Å²) < 4.78 is 10.5. The van der Waals surface area contributed by atoms with E-state index in [9.17, 15) is 0 Å². The van der Waals surface area contributed by atoms with Crippen molar-refractivity contribution in [2.45, 2.75) is 51.7 Å². The molecule has 0 aromatic carbocycles. The fraction of sp³-hybridized carbons (Fsp3) is 0.818. The summed E-state index contributed by atoms with van der Waals surface area (Å²) in [6, 6.07) is 0. The minimum atomic E-state index is -0.551. The molecular weight excluding hydrogens is 206 g/mol. The fourth-order valence-corrected chi connectivity index (χ4v) is 1.31. The van der Waals surface area contributed by atoms with Gasteiger partial charge in [0.05, 0.1) is 5.54 Å². The minimum absolute atomic E-state index is 0.484. The molecule has 0 aliphatic carbocycles. The van der Waals surface area contributed by atoms with E-state index in [0.717, 1.165) is 12.8 Å². The lowest BCUT2D eigenvalue weighted by atomic mass is 9.94. The Morgan fingerprint density at radius 3 is 2.31 bits per heavy atom. The van der Waals surface area contributed by atoms with E-state index >= 15 is 0 Å². The molecule has 0 amide bonds. The van der Waals surface area contributed by atoms with Crippen molar-refractivity contribution in [3.8, 4) is 0 Å². The number of hydrogen-bond acceptors (Lipinski definition) is 5. The maximum absolute atomic E-state index is 6.18. The van der Waals surface area contributed by atoms with Crippen LogP contribution in [0.4, 0.5) is 0 Å². The summed E-state index contributed by atoms with van der Waals surface area (Å²) in [5.74, 6) is 1.01. The van der Waals surface area contributed by atoms with Gasteiger partial charge in [0.2, 0.25) is 11.7 Å². The molecule has 5 nitrogen and oxygen atoms in total. The summed E-state index contributed by atoms with van der Waals surface area (Å²) in [6.45, 7) is 7.79. The molecule has 0 atom stereocenters. The number of nitrogens with zero attached hydrogens (tertiary/aromatic N) is 2. The molecule has 1 aromatic rings. The molecule has 0 radical (unpaired) electrons. The smallest absolute Gasteiger partial charge is 0.246 e. The number of hydrogen-bond donors (Lipinski definition) is 1. The van der Waals surface area contributed by atoms with Crippen molar-refractivity contribution in [1.29, 1.82) is 0 Å². The minimum Gasteiger partial charge on any atom is -0.371 e. The number of ether oxygens (including phenoxy) is 1. The molecule has 1 aromatic heterocycles. The lowest BCUT2D eigenvalue weighted by Gasteiger charge is -2.21. The van der Waals surface area contributed by atoms with Gasteiger partial charge in [-0.2, -0.15) is 4.98 Å². The zero-order valence-electron chi connectivity index (χ0n) is 10.7. The van der Waals surface area contributed by atoms with Gasteiger partial charge in [-0.15, -0.1) is 0 Å². The van der Waals surface area contributed by atoms with Crippen LogP contribution in [-0.4, -0.2) is 17.3 Å². The third kappa shape index (κ3) is 2.25. The first kappa shape index (κ1) is 13.1. The van der Waals surface area contributed by atoms with E-state index in [1.54, 1.807) is 7.11 Å². The molecule has 1 heterocycles. The molecule has 1 rings (SSSR count). The zero-order valence-corrected chi connectivity index (χ0v) is 10.7. The van der Waals surface area contributed by atoms with Gasteiger partial charge < -0.3 is 15.0 Å². The van der Waals surface area contributed by atoms with Gasteiger partial charge in [0.25, 0.3) is 0 Å². The fourth-order valence-electron chi connectivity index (χ4n) is 1.31. The molecule has 0 unspecified atom stereocenters. The van der Waals surface area contributed by atoms with Gasteiger partial charge >= 0.3 is 0 Å². The van der Waals surface area contributed by atoms with Gasteiger partial charge in [0, 0.05) is 7.11 Å². The molecule has 16 heavy (non-hydrogen) atoms. The summed E-state index contributed by atoms with van der Waals surface area (Å²) in [6.07, 6.45) is 1.52. The first-order valence-electron chi connectivity index (χ1n) is 5.58. The molecule has 2 N–H and O–H groups in total. The number of aromatic nitrogens is 2. The third-order valence-corrected chi connectivity index (χ3v) is 3.16. The van der Waals surface area contributed by atoms with Gasteiger partial charge in [-0.25, -0.2) is 0 Å². The van der Waals surface area contributed by atoms with Gasteiger partial charge in [-0.1, -0.05) is 19.0 Å². The Bertz CT molecular complexity index is 343. The maximum Gasteiger partial charge on any atom is 0.246 e. The molecule has 0 aliphatic rings. The Morgan fingerprint density at radius 1 is 1.31 bits per heavy atom. The van der Waals surface area contributed by atoms with Gasteiger partial charge in [0.15, 0.2) is 0 Å². The van der Waals surface area contributed by atoms with Crippen LogP contribution in [0.25, 0.3) is 0 Å². The van der Waals surface area contributed by atoms with Gasteiger partial charge in [-0.3, -0.25) is 0 Å². The number of methoxy groups -OCH3 is 1. The SMILES string of the molecule is CCC(N)(CC)c1nc(C(C)(C)OC)no1. The second-order valence-electron chi connectivity index (χ2n) is 4.50. The summed E-state index contributed by atoms with van der Waals surface area (Å²) in [7, 11) is 1.62. The Morgan fingerprint density at radius 2 is 1.88 bits per heavy atom. The van der Waals surface area contributed by atoms with Crippen LogP contribution < -0.4 is 5.73 Å². The Hall–Kier alpha value is -0.940. The predicted octanol–water partition coefficient (Wildman–Crippen LogP) is 1.93. The second kappa shape index (κ2) is 4.51. The van der Waals surface area contributed by atoms with Crippen molar-refractivity contribution in [1.82, 2.24) is 10.1 Å². The average molecular weight is 227 g/mol. The topological polar surface area (TPSA) is 74.2 Å². The quantitative estimate of drug-likeness (QED) is 0.831. The lowest BCUT2D eigenvalue weighted by molar-refractivity contribution is 0.00973. The van der Waals surface area contributed by atoms with Crippen LogP contribution in [0.2, 0.25) is 0 Å². The number of nitrogens with two attached hydrogens (primary N) is 1. The van der Waals surface area contributed by atoms with Crippen molar-refractivity contribution < 1.29 is 9.26 Å². The highest BCUT2D eigenvalue weighted by atomic mass is 16.5. The molecular formula is C11H21N3O2. The van der Waals surface area contributed by atoms with E-state index in [2.05, 4.69) is 10.1 Å². The van der Waals surface area contributed by atoms with Crippen molar-refractivity contribution >= 4 is 0 Å². The normalized spacial score (nSPS) is 13.1. The summed E-state index contributed by atoms with van der Waals surface area (Å²) in [5, 5.41) is 3.93. The van der Waals surface area contributed by atoms with E-state index < -0.39 is 11.1 Å². The van der Waals surface area contributed by atoms with Crippen LogP contribution in [0.1, 0.15) is 52.3 Å². The van der Waals surface area contributed by atoms with E-state index in [4.69, 9.17) is 15.0 Å². The molecule has 5 heteroatoms. The monoisotopic (exact) mass is 227 g/mol. The third-order valence-electron chi connectivity index (χ3n) is 3.16. The van der Waals surface area contributed by atoms with Crippen LogP contribution in [0.3, 0.4) is 0 Å². The molecule has 92 valence electrons. The predicted molar refractivity (Wildman–Crippen MR) is 60.8 cm³/mol. The van der Waals surface area contributed by atoms with Crippen LogP contribution >= 0.6 is 0 Å². The van der Waals surface area contributed by atoms with E-state index in [0.29, 0.717) is 11.7 Å². The van der Waals surface area contributed by atoms with Gasteiger partial charge in [0.1, 0.15) is 5.60 Å². The van der Waals surface area contributed by atoms with Crippen molar-refractivity contribution in [2.75, 3.05) is 7.11 Å². The molecule has 0 bridgehead atoms. The second-order valence-corrected chi connectivity index (χ2v) is 4.50. The highest BCUT2D eigenvalue weighted by molar-refractivity contribution is 5.04. The van der Waals surface area contributed by atoms with Crippen LogP contribution in [0.15, 0.2) is 4.52 Å². The molecule has 0 saturated heterocycles. The largest absolute Gasteiger partial charge is 0.371 e. The first-order chi connectivity index (χ1) is 7.39. The Labute approximate surface area is 96.4 Å². The van der Waals surface area contributed by atoms with Crippen LogP contribution in [0.5, 0.6) is 0 Å². The summed E-state index contributed by atoms with van der Waals surface area (Å²) >= 11 is 0. The Kier molecular flexibility index (Phi) is 3.70. The summed E-state index contributed by atoms with van der Waals surface area (Å²) in [5.41, 5.74) is 5.09. The maximum atomic E-state index is 6.18. The van der Waals surface area contributed by atoms with Crippen molar-refractivity contribution in [2.24, 2.45) is 5.73 Å². The van der Waals surface area contributed by atoms with E-state index in [-0.39, 0.29) is 0 Å². The van der Waals surface area contributed by atoms with Crippen molar-refractivity contribution in [3.05, 3.63) is 11.7 Å². The highest BCUT2D eigenvalue weighted by Gasteiger charge is 2.33. The molecule has 0 saturated carbocycles. The van der Waals surface area contributed by atoms with Crippen molar-refractivity contribution in [3.63, 3.8) is 0 Å². The molecule has 0 aliphatic heterocycles. The van der Waals surface area contributed by atoms with Crippen LogP contribution in [0, 0.1) is 0 Å². The first-order valence-corrected chi connectivity index (χ1v) is 5.58. The molecule has 0 fully saturated rings. The van der Waals surface area contributed by atoms with Crippen LogP contribution in [-0.2, 0) is 15.9 Å².